The van der Waals surface area contributed by atoms with E-state index >= 15 is 0 Å². The van der Waals surface area contributed by atoms with Gasteiger partial charge in [0, 0.05) is 13.2 Å². The minimum Gasteiger partial charge on any atom is -0.351 e. The van der Waals surface area contributed by atoms with Crippen molar-refractivity contribution in [3.05, 3.63) is 52.4 Å². The first-order valence-corrected chi connectivity index (χ1v) is 5.51. The van der Waals surface area contributed by atoms with Gasteiger partial charge >= 0.3 is 0 Å². The molecule has 0 aliphatic carbocycles. The molecule has 0 saturated heterocycles. The number of anilines is 1. The zero-order chi connectivity index (χ0) is 13.0. The van der Waals surface area contributed by atoms with E-state index < -0.39 is 6.41 Å². The minimum absolute atomic E-state index is 0.262. The van der Waals surface area contributed by atoms with Gasteiger partial charge in [-0.2, -0.15) is 0 Å². The number of H-pyrrole nitrogens is 1. The molecule has 96 valence electrons. The molecule has 0 amide bonds. The summed E-state index contributed by atoms with van der Waals surface area (Å²) in [7, 11) is 1.68. The lowest BCUT2D eigenvalue weighted by Crippen LogP contribution is -2.24. The van der Waals surface area contributed by atoms with Crippen LogP contribution in [0.3, 0.4) is 0 Å². The third-order valence-corrected chi connectivity index (χ3v) is 2.37. The number of aromatic nitrogens is 2. The largest absolute Gasteiger partial charge is 0.351 e. The molecule has 0 saturated carbocycles. The number of ether oxygens (including phenoxy) is 1. The lowest BCUT2D eigenvalue weighted by molar-refractivity contribution is -0.0872. The Morgan fingerprint density at radius 3 is 2.78 bits per heavy atom. The highest BCUT2D eigenvalue weighted by Gasteiger charge is 2.08. The van der Waals surface area contributed by atoms with Crippen molar-refractivity contribution in [3.8, 4) is 0 Å². The molecule has 1 heterocycles. The summed E-state index contributed by atoms with van der Waals surface area (Å²) in [6, 6.07) is 9.46. The number of rotatable bonds is 5. The van der Waals surface area contributed by atoms with Crippen molar-refractivity contribution >= 4 is 5.69 Å². The Morgan fingerprint density at radius 2 is 2.17 bits per heavy atom. The second kappa shape index (κ2) is 5.52. The highest BCUT2D eigenvalue weighted by atomic mass is 16.6. The summed E-state index contributed by atoms with van der Waals surface area (Å²) in [6.45, 7) is 0.264. The molecular formula is C12H15N3O3. The maximum atomic E-state index is 11.3. The second-order valence-electron chi connectivity index (χ2n) is 3.89. The SMILES string of the molecule is Cn1cc(NC(O)OCc2ccccc2)c(=O)[nH]1. The fourth-order valence-corrected chi connectivity index (χ4v) is 1.53. The Balaban J connectivity index is 1.88. The molecule has 1 unspecified atom stereocenters. The maximum Gasteiger partial charge on any atom is 0.287 e. The second-order valence-corrected chi connectivity index (χ2v) is 3.89. The Hall–Kier alpha value is -2.05. The molecule has 0 aliphatic heterocycles. The number of aliphatic hydroxyl groups is 1. The van der Waals surface area contributed by atoms with Gasteiger partial charge in [-0.05, 0) is 5.56 Å². The maximum absolute atomic E-state index is 11.3. The van der Waals surface area contributed by atoms with Crippen LogP contribution >= 0.6 is 0 Å². The minimum atomic E-state index is -1.23. The average molecular weight is 249 g/mol. The van der Waals surface area contributed by atoms with Crippen LogP contribution in [0.15, 0.2) is 41.3 Å². The van der Waals surface area contributed by atoms with Gasteiger partial charge in [0.25, 0.3) is 5.56 Å². The predicted octanol–water partition coefficient (Wildman–Crippen LogP) is 0.618. The van der Waals surface area contributed by atoms with Gasteiger partial charge in [0.1, 0.15) is 5.69 Å². The molecule has 1 aromatic heterocycles. The average Bonchev–Trinajstić information content (AvgIpc) is 2.67. The van der Waals surface area contributed by atoms with Crippen molar-refractivity contribution in [2.24, 2.45) is 7.05 Å². The van der Waals surface area contributed by atoms with Crippen molar-refractivity contribution in [3.63, 3.8) is 0 Å². The van der Waals surface area contributed by atoms with E-state index in [9.17, 15) is 9.90 Å². The van der Waals surface area contributed by atoms with Gasteiger partial charge in [0.15, 0.2) is 0 Å². The first-order valence-electron chi connectivity index (χ1n) is 5.51. The Morgan fingerprint density at radius 1 is 1.44 bits per heavy atom. The van der Waals surface area contributed by atoms with Crippen LogP contribution in [0.25, 0.3) is 0 Å². The van der Waals surface area contributed by atoms with Crippen LogP contribution in [0, 0.1) is 0 Å². The van der Waals surface area contributed by atoms with Crippen LogP contribution in [0.5, 0.6) is 0 Å². The van der Waals surface area contributed by atoms with Gasteiger partial charge < -0.3 is 15.2 Å². The summed E-state index contributed by atoms with van der Waals surface area (Å²) < 4.78 is 6.67. The molecule has 3 N–H and O–H groups in total. The number of aryl methyl sites for hydroxylation is 1. The van der Waals surface area contributed by atoms with Crippen molar-refractivity contribution in [1.29, 1.82) is 0 Å². The summed E-state index contributed by atoms with van der Waals surface area (Å²) >= 11 is 0. The van der Waals surface area contributed by atoms with E-state index in [0.29, 0.717) is 0 Å². The Labute approximate surface area is 104 Å². The molecule has 1 atom stereocenters. The van der Waals surface area contributed by atoms with E-state index in [-0.39, 0.29) is 17.9 Å². The zero-order valence-electron chi connectivity index (χ0n) is 9.96. The van der Waals surface area contributed by atoms with E-state index in [1.807, 2.05) is 30.3 Å². The highest BCUT2D eigenvalue weighted by Crippen LogP contribution is 2.04. The normalized spacial score (nSPS) is 12.3. The fourth-order valence-electron chi connectivity index (χ4n) is 1.53. The fraction of sp³-hybridized carbons (Fsp3) is 0.250. The van der Waals surface area contributed by atoms with E-state index in [4.69, 9.17) is 4.74 Å². The first kappa shape index (κ1) is 12.4. The summed E-state index contributed by atoms with van der Waals surface area (Å²) in [5.41, 5.74) is 0.901. The van der Waals surface area contributed by atoms with Crippen LogP contribution in [-0.2, 0) is 18.4 Å². The highest BCUT2D eigenvalue weighted by molar-refractivity contribution is 5.37. The van der Waals surface area contributed by atoms with Gasteiger partial charge in [0.05, 0.1) is 6.61 Å². The monoisotopic (exact) mass is 249 g/mol. The van der Waals surface area contributed by atoms with Crippen molar-refractivity contribution in [2.75, 3.05) is 5.32 Å². The molecule has 2 aromatic rings. The third kappa shape index (κ3) is 3.22. The molecule has 6 nitrogen and oxygen atoms in total. The van der Waals surface area contributed by atoms with Gasteiger partial charge in [0.2, 0.25) is 6.41 Å². The molecule has 6 heteroatoms. The van der Waals surface area contributed by atoms with Crippen LogP contribution in [0.4, 0.5) is 5.69 Å². The van der Waals surface area contributed by atoms with E-state index in [1.54, 1.807) is 7.05 Å². The van der Waals surface area contributed by atoms with Crippen LogP contribution in [0.2, 0.25) is 0 Å². The van der Waals surface area contributed by atoms with Crippen molar-refractivity contribution in [1.82, 2.24) is 9.78 Å². The number of benzene rings is 1. The molecule has 1 aromatic carbocycles. The zero-order valence-corrected chi connectivity index (χ0v) is 9.96. The molecule has 0 fully saturated rings. The number of aliphatic hydroxyl groups excluding tert-OH is 1. The number of aromatic amines is 1. The van der Waals surface area contributed by atoms with Crippen LogP contribution in [0.1, 0.15) is 5.56 Å². The molecular weight excluding hydrogens is 234 g/mol. The molecule has 2 rings (SSSR count). The lowest BCUT2D eigenvalue weighted by atomic mass is 10.2. The number of nitrogens with one attached hydrogen (secondary N) is 2. The summed E-state index contributed by atoms with van der Waals surface area (Å²) in [5, 5.41) is 14.7. The Bertz CT molecular complexity index is 547. The Kier molecular flexibility index (Phi) is 3.81. The van der Waals surface area contributed by atoms with Crippen LogP contribution < -0.4 is 10.9 Å². The van der Waals surface area contributed by atoms with Crippen molar-refractivity contribution in [2.45, 2.75) is 13.0 Å². The summed E-state index contributed by atoms with van der Waals surface area (Å²) in [4.78, 5) is 11.3. The third-order valence-electron chi connectivity index (χ3n) is 2.37. The first-order chi connectivity index (χ1) is 8.65. The van der Waals surface area contributed by atoms with E-state index in [2.05, 4.69) is 10.4 Å². The van der Waals surface area contributed by atoms with E-state index in [1.165, 1.54) is 10.9 Å². The molecule has 0 radical (unpaired) electrons. The number of nitrogens with zero attached hydrogens (tertiary/aromatic N) is 1. The smallest absolute Gasteiger partial charge is 0.287 e. The molecule has 0 spiro atoms. The standard InChI is InChI=1S/C12H15N3O3/c1-15-7-10(11(16)14-15)13-12(17)18-8-9-5-3-2-4-6-9/h2-7,12-13,17H,8H2,1H3,(H,14,16). The summed E-state index contributed by atoms with van der Waals surface area (Å²) in [5.74, 6) is 0. The van der Waals surface area contributed by atoms with Crippen molar-refractivity contribution < 1.29 is 9.84 Å². The van der Waals surface area contributed by atoms with Gasteiger partial charge in [-0.15, -0.1) is 0 Å². The lowest BCUT2D eigenvalue weighted by Gasteiger charge is -2.12. The quantitative estimate of drug-likeness (QED) is 0.679. The number of hydrogen-bond acceptors (Lipinski definition) is 4. The topological polar surface area (TPSA) is 79.3 Å². The van der Waals surface area contributed by atoms with Crippen LogP contribution in [-0.4, -0.2) is 21.3 Å². The van der Waals surface area contributed by atoms with Gasteiger partial charge in [-0.3, -0.25) is 14.6 Å². The van der Waals surface area contributed by atoms with E-state index in [0.717, 1.165) is 5.56 Å². The molecule has 18 heavy (non-hydrogen) atoms. The van der Waals surface area contributed by atoms with Gasteiger partial charge in [-0.1, -0.05) is 30.3 Å². The predicted molar refractivity (Wildman–Crippen MR) is 66.9 cm³/mol. The summed E-state index contributed by atoms with van der Waals surface area (Å²) in [6.07, 6.45) is 0.311. The number of hydrogen-bond donors (Lipinski definition) is 3. The van der Waals surface area contributed by atoms with Gasteiger partial charge in [-0.25, -0.2) is 0 Å². The molecule has 0 bridgehead atoms. The molecule has 0 aliphatic rings.